The minimum absolute atomic E-state index is 0.132. The SMILES string of the molecule is CCCNc1cc(NCC2(C(C)C)CC2)cc([N+](=O)[O-])c1. The number of non-ortho nitro benzene ring substituents is 1. The van der Waals surface area contributed by atoms with E-state index in [9.17, 15) is 10.1 Å². The summed E-state index contributed by atoms with van der Waals surface area (Å²) in [6.45, 7) is 8.27. The van der Waals surface area contributed by atoms with Gasteiger partial charge < -0.3 is 10.6 Å². The molecule has 0 aromatic heterocycles. The van der Waals surface area contributed by atoms with Gasteiger partial charge in [-0.1, -0.05) is 20.8 Å². The molecule has 0 bridgehead atoms. The molecule has 1 aliphatic carbocycles. The quantitative estimate of drug-likeness (QED) is 0.554. The Labute approximate surface area is 126 Å². The zero-order chi connectivity index (χ0) is 15.5. The first-order valence-corrected chi connectivity index (χ1v) is 7.74. The fraction of sp³-hybridized carbons (Fsp3) is 0.625. The Hall–Kier alpha value is -1.78. The fourth-order valence-corrected chi connectivity index (χ4v) is 2.59. The van der Waals surface area contributed by atoms with Crippen LogP contribution in [-0.2, 0) is 0 Å². The van der Waals surface area contributed by atoms with Crippen molar-refractivity contribution in [2.45, 2.75) is 40.0 Å². The van der Waals surface area contributed by atoms with Crippen molar-refractivity contribution in [2.24, 2.45) is 11.3 Å². The molecule has 1 aromatic rings. The highest BCUT2D eigenvalue weighted by atomic mass is 16.6. The molecule has 1 aliphatic rings. The lowest BCUT2D eigenvalue weighted by molar-refractivity contribution is -0.384. The number of nitro groups is 1. The number of hydrogen-bond donors (Lipinski definition) is 2. The molecule has 0 aliphatic heterocycles. The van der Waals surface area contributed by atoms with Gasteiger partial charge in [-0.05, 0) is 36.7 Å². The minimum atomic E-state index is -0.336. The molecule has 1 fully saturated rings. The van der Waals surface area contributed by atoms with Crippen LogP contribution >= 0.6 is 0 Å². The van der Waals surface area contributed by atoms with E-state index in [1.807, 2.05) is 6.07 Å². The molecule has 1 aromatic carbocycles. The lowest BCUT2D eigenvalue weighted by atomic mass is 9.92. The summed E-state index contributed by atoms with van der Waals surface area (Å²) in [5.74, 6) is 0.640. The van der Waals surface area contributed by atoms with Crippen molar-refractivity contribution in [3.8, 4) is 0 Å². The first-order chi connectivity index (χ1) is 9.97. The van der Waals surface area contributed by atoms with Crippen LogP contribution in [0.25, 0.3) is 0 Å². The molecule has 0 spiro atoms. The van der Waals surface area contributed by atoms with Gasteiger partial charge in [0, 0.05) is 36.6 Å². The Kier molecular flexibility index (Phi) is 4.70. The van der Waals surface area contributed by atoms with Gasteiger partial charge in [0.05, 0.1) is 4.92 Å². The third kappa shape index (κ3) is 3.86. The molecule has 21 heavy (non-hydrogen) atoms. The molecule has 0 heterocycles. The summed E-state index contributed by atoms with van der Waals surface area (Å²) < 4.78 is 0. The molecule has 5 heteroatoms. The monoisotopic (exact) mass is 291 g/mol. The van der Waals surface area contributed by atoms with Crippen LogP contribution in [0.4, 0.5) is 17.1 Å². The van der Waals surface area contributed by atoms with Crippen LogP contribution in [-0.4, -0.2) is 18.0 Å². The number of benzene rings is 1. The van der Waals surface area contributed by atoms with Crippen molar-refractivity contribution < 1.29 is 4.92 Å². The first kappa shape index (κ1) is 15.6. The van der Waals surface area contributed by atoms with E-state index in [1.165, 1.54) is 12.8 Å². The molecule has 2 rings (SSSR count). The fourth-order valence-electron chi connectivity index (χ4n) is 2.59. The van der Waals surface area contributed by atoms with Crippen molar-refractivity contribution in [2.75, 3.05) is 23.7 Å². The summed E-state index contributed by atoms with van der Waals surface area (Å²) in [5, 5.41) is 17.7. The average molecular weight is 291 g/mol. The number of nitrogens with zero attached hydrogens (tertiary/aromatic N) is 1. The lowest BCUT2D eigenvalue weighted by Gasteiger charge is -2.21. The summed E-state index contributed by atoms with van der Waals surface area (Å²) in [6.07, 6.45) is 3.48. The Morgan fingerprint density at radius 2 is 1.86 bits per heavy atom. The third-order valence-corrected chi connectivity index (χ3v) is 4.47. The first-order valence-electron chi connectivity index (χ1n) is 7.74. The van der Waals surface area contributed by atoms with Gasteiger partial charge in [0.15, 0.2) is 0 Å². The van der Waals surface area contributed by atoms with Gasteiger partial charge in [-0.15, -0.1) is 0 Å². The second kappa shape index (κ2) is 6.33. The molecule has 0 radical (unpaired) electrons. The molecule has 0 saturated heterocycles. The van der Waals surface area contributed by atoms with Crippen molar-refractivity contribution >= 4 is 17.1 Å². The van der Waals surface area contributed by atoms with Crippen LogP contribution in [0.15, 0.2) is 18.2 Å². The predicted octanol–water partition coefficient (Wildman–Crippen LogP) is 4.26. The number of nitro benzene ring substituents is 1. The van der Waals surface area contributed by atoms with Gasteiger partial charge in [-0.2, -0.15) is 0 Å². The molecule has 0 atom stereocenters. The van der Waals surface area contributed by atoms with Crippen molar-refractivity contribution in [1.29, 1.82) is 0 Å². The van der Waals surface area contributed by atoms with Crippen LogP contribution in [0.1, 0.15) is 40.0 Å². The highest BCUT2D eigenvalue weighted by molar-refractivity contribution is 5.63. The van der Waals surface area contributed by atoms with E-state index < -0.39 is 0 Å². The molecule has 0 amide bonds. The maximum atomic E-state index is 11.1. The van der Waals surface area contributed by atoms with Gasteiger partial charge in [0.1, 0.15) is 0 Å². The Balaban J connectivity index is 2.10. The lowest BCUT2D eigenvalue weighted by Crippen LogP contribution is -2.21. The van der Waals surface area contributed by atoms with E-state index >= 15 is 0 Å². The van der Waals surface area contributed by atoms with E-state index in [0.717, 1.165) is 30.9 Å². The predicted molar refractivity (Wildman–Crippen MR) is 86.9 cm³/mol. The van der Waals surface area contributed by atoms with Gasteiger partial charge in [0.2, 0.25) is 0 Å². The summed E-state index contributed by atoms with van der Waals surface area (Å²) >= 11 is 0. The minimum Gasteiger partial charge on any atom is -0.385 e. The Morgan fingerprint density at radius 1 is 1.24 bits per heavy atom. The van der Waals surface area contributed by atoms with Crippen molar-refractivity contribution in [3.63, 3.8) is 0 Å². The number of anilines is 2. The number of nitrogens with one attached hydrogen (secondary N) is 2. The van der Waals surface area contributed by atoms with E-state index in [-0.39, 0.29) is 10.6 Å². The average Bonchev–Trinajstić information content (AvgIpc) is 3.24. The molecular formula is C16H25N3O2. The van der Waals surface area contributed by atoms with Crippen molar-refractivity contribution in [3.05, 3.63) is 28.3 Å². The largest absolute Gasteiger partial charge is 0.385 e. The zero-order valence-electron chi connectivity index (χ0n) is 13.1. The molecule has 2 N–H and O–H groups in total. The topological polar surface area (TPSA) is 67.2 Å². The van der Waals surface area contributed by atoms with E-state index in [1.54, 1.807) is 12.1 Å². The third-order valence-electron chi connectivity index (χ3n) is 4.47. The second-order valence-corrected chi connectivity index (χ2v) is 6.32. The van der Waals surface area contributed by atoms with Gasteiger partial charge in [-0.3, -0.25) is 10.1 Å². The Morgan fingerprint density at radius 3 is 2.33 bits per heavy atom. The molecule has 0 unspecified atom stereocenters. The van der Waals surface area contributed by atoms with Crippen LogP contribution < -0.4 is 10.6 Å². The maximum absolute atomic E-state index is 11.1. The Bertz CT molecular complexity index is 510. The maximum Gasteiger partial charge on any atom is 0.273 e. The molecule has 1 saturated carbocycles. The summed E-state index contributed by atoms with van der Waals surface area (Å²) in [4.78, 5) is 10.7. The normalized spacial score (nSPS) is 15.8. The van der Waals surface area contributed by atoms with Crippen LogP contribution in [0.2, 0.25) is 0 Å². The van der Waals surface area contributed by atoms with Crippen LogP contribution in [0.3, 0.4) is 0 Å². The van der Waals surface area contributed by atoms with Crippen LogP contribution in [0.5, 0.6) is 0 Å². The highest BCUT2D eigenvalue weighted by Gasteiger charge is 2.44. The number of hydrogen-bond acceptors (Lipinski definition) is 4. The molecular weight excluding hydrogens is 266 g/mol. The van der Waals surface area contributed by atoms with Gasteiger partial charge in [0.25, 0.3) is 5.69 Å². The van der Waals surface area contributed by atoms with E-state index in [0.29, 0.717) is 11.3 Å². The summed E-state index contributed by atoms with van der Waals surface area (Å²) in [7, 11) is 0. The highest BCUT2D eigenvalue weighted by Crippen LogP contribution is 2.51. The van der Waals surface area contributed by atoms with Gasteiger partial charge in [-0.25, -0.2) is 0 Å². The summed E-state index contributed by atoms with van der Waals surface area (Å²) in [5.41, 5.74) is 2.15. The van der Waals surface area contributed by atoms with Crippen molar-refractivity contribution in [1.82, 2.24) is 0 Å². The zero-order valence-corrected chi connectivity index (χ0v) is 13.1. The molecule has 116 valence electrons. The molecule has 5 nitrogen and oxygen atoms in total. The van der Waals surface area contributed by atoms with E-state index in [4.69, 9.17) is 0 Å². The van der Waals surface area contributed by atoms with Gasteiger partial charge >= 0.3 is 0 Å². The van der Waals surface area contributed by atoms with Crippen LogP contribution in [0, 0.1) is 21.4 Å². The standard InChI is InChI=1S/C16H25N3O2/c1-4-7-17-13-8-14(10-15(9-13)19(20)21)18-11-16(5-6-16)12(2)3/h8-10,12,17-18H,4-7,11H2,1-3H3. The summed E-state index contributed by atoms with van der Waals surface area (Å²) in [6, 6.07) is 5.17. The second-order valence-electron chi connectivity index (χ2n) is 6.32. The smallest absolute Gasteiger partial charge is 0.273 e. The number of rotatable bonds is 8. The van der Waals surface area contributed by atoms with E-state index in [2.05, 4.69) is 31.4 Å².